The zero-order valence-electron chi connectivity index (χ0n) is 11.8. The third kappa shape index (κ3) is 2.82. The number of hydrogen-bond acceptors (Lipinski definition) is 3. The van der Waals surface area contributed by atoms with E-state index >= 15 is 0 Å². The van der Waals surface area contributed by atoms with Gasteiger partial charge in [-0.05, 0) is 18.6 Å². The van der Waals surface area contributed by atoms with Gasteiger partial charge in [0.1, 0.15) is 11.3 Å². The molecule has 0 radical (unpaired) electrons. The van der Waals surface area contributed by atoms with E-state index in [-0.39, 0.29) is 5.91 Å². The molecular weight excluding hydrogens is 272 g/mol. The van der Waals surface area contributed by atoms with Gasteiger partial charge in [0.25, 0.3) is 0 Å². The SMILES string of the molecule is C=CCn1c(=NC(=O)CCC)sc2cccc(OC)c21. The Morgan fingerprint density at radius 1 is 1.55 bits per heavy atom. The van der Waals surface area contributed by atoms with Crippen LogP contribution in [0.15, 0.2) is 35.8 Å². The molecule has 4 nitrogen and oxygen atoms in total. The topological polar surface area (TPSA) is 43.6 Å². The van der Waals surface area contributed by atoms with Crippen LogP contribution in [0.2, 0.25) is 0 Å². The molecule has 0 saturated carbocycles. The van der Waals surface area contributed by atoms with Gasteiger partial charge in [-0.15, -0.1) is 6.58 Å². The van der Waals surface area contributed by atoms with Crippen LogP contribution in [0.5, 0.6) is 5.75 Å². The van der Waals surface area contributed by atoms with Gasteiger partial charge in [-0.25, -0.2) is 0 Å². The molecule has 0 unspecified atom stereocenters. The summed E-state index contributed by atoms with van der Waals surface area (Å²) in [5, 5.41) is 0. The molecule has 1 aromatic carbocycles. The Kier molecular flexibility index (Phi) is 4.74. The van der Waals surface area contributed by atoms with Crippen molar-refractivity contribution in [1.82, 2.24) is 4.57 Å². The van der Waals surface area contributed by atoms with Crippen molar-refractivity contribution in [3.8, 4) is 5.75 Å². The number of fused-ring (bicyclic) bond motifs is 1. The van der Waals surface area contributed by atoms with E-state index in [0.717, 1.165) is 22.4 Å². The highest BCUT2D eigenvalue weighted by Crippen LogP contribution is 2.27. The van der Waals surface area contributed by atoms with Gasteiger partial charge in [0.2, 0.25) is 5.91 Å². The molecule has 0 aliphatic rings. The molecule has 1 amide bonds. The first kappa shape index (κ1) is 14.5. The molecular formula is C15H18N2O2S. The number of hydrogen-bond donors (Lipinski definition) is 0. The van der Waals surface area contributed by atoms with Crippen molar-refractivity contribution in [3.05, 3.63) is 35.7 Å². The van der Waals surface area contributed by atoms with E-state index in [2.05, 4.69) is 11.6 Å². The molecule has 0 atom stereocenters. The van der Waals surface area contributed by atoms with E-state index in [0.29, 0.717) is 17.8 Å². The minimum Gasteiger partial charge on any atom is -0.495 e. The number of rotatable bonds is 5. The van der Waals surface area contributed by atoms with Crippen molar-refractivity contribution < 1.29 is 9.53 Å². The second kappa shape index (κ2) is 6.52. The van der Waals surface area contributed by atoms with Crippen molar-refractivity contribution in [2.75, 3.05) is 7.11 Å². The lowest BCUT2D eigenvalue weighted by atomic mass is 10.3. The van der Waals surface area contributed by atoms with Gasteiger partial charge < -0.3 is 9.30 Å². The molecule has 0 spiro atoms. The lowest BCUT2D eigenvalue weighted by Gasteiger charge is -2.05. The van der Waals surface area contributed by atoms with Crippen molar-refractivity contribution >= 4 is 27.5 Å². The fourth-order valence-corrected chi connectivity index (χ4v) is 3.10. The Morgan fingerprint density at radius 3 is 3.00 bits per heavy atom. The summed E-state index contributed by atoms with van der Waals surface area (Å²) in [4.78, 5) is 16.7. The predicted octanol–water partition coefficient (Wildman–Crippen LogP) is 3.12. The third-order valence-corrected chi connectivity index (χ3v) is 3.92. The summed E-state index contributed by atoms with van der Waals surface area (Å²) in [6.45, 7) is 6.34. The summed E-state index contributed by atoms with van der Waals surface area (Å²) in [6.07, 6.45) is 3.07. The molecule has 2 rings (SSSR count). The minimum absolute atomic E-state index is 0.0872. The molecule has 0 aliphatic carbocycles. The number of ether oxygens (including phenoxy) is 1. The van der Waals surface area contributed by atoms with Gasteiger partial charge in [-0.3, -0.25) is 4.79 Å². The highest BCUT2D eigenvalue weighted by Gasteiger charge is 2.11. The van der Waals surface area contributed by atoms with Crippen LogP contribution in [-0.2, 0) is 11.3 Å². The van der Waals surface area contributed by atoms with Crippen LogP contribution in [0.1, 0.15) is 19.8 Å². The lowest BCUT2D eigenvalue weighted by Crippen LogP contribution is -2.16. The van der Waals surface area contributed by atoms with Gasteiger partial charge in [0, 0.05) is 13.0 Å². The first-order valence-electron chi connectivity index (χ1n) is 6.56. The van der Waals surface area contributed by atoms with Crippen LogP contribution >= 0.6 is 11.3 Å². The highest BCUT2D eigenvalue weighted by molar-refractivity contribution is 7.16. The van der Waals surface area contributed by atoms with Crippen molar-refractivity contribution in [2.24, 2.45) is 4.99 Å². The second-order valence-electron chi connectivity index (χ2n) is 4.35. The molecule has 5 heteroatoms. The Labute approximate surface area is 122 Å². The number of amides is 1. The molecule has 0 aliphatic heterocycles. The summed E-state index contributed by atoms with van der Waals surface area (Å²) >= 11 is 1.50. The number of para-hydroxylation sites is 1. The molecule has 20 heavy (non-hydrogen) atoms. The zero-order chi connectivity index (χ0) is 14.5. The van der Waals surface area contributed by atoms with Crippen LogP contribution in [0.4, 0.5) is 0 Å². The number of aromatic nitrogens is 1. The first-order chi connectivity index (χ1) is 9.71. The number of thiazole rings is 1. The Bertz CT molecular complexity index is 697. The number of carbonyl (C=O) groups is 1. The standard InChI is InChI=1S/C15H18N2O2S/c1-4-7-13(18)16-15-17(10-5-2)14-11(19-3)8-6-9-12(14)20-15/h5-6,8-9H,2,4,7,10H2,1,3H3. The summed E-state index contributed by atoms with van der Waals surface area (Å²) in [7, 11) is 1.64. The average molecular weight is 290 g/mol. The number of methoxy groups -OCH3 is 1. The largest absolute Gasteiger partial charge is 0.495 e. The summed E-state index contributed by atoms with van der Waals surface area (Å²) in [5.41, 5.74) is 0.961. The number of nitrogens with zero attached hydrogens (tertiary/aromatic N) is 2. The Morgan fingerprint density at radius 2 is 2.35 bits per heavy atom. The number of carbonyl (C=O) groups excluding carboxylic acids is 1. The summed E-state index contributed by atoms with van der Waals surface area (Å²) in [6, 6.07) is 5.85. The van der Waals surface area contributed by atoms with Crippen LogP contribution in [0.25, 0.3) is 10.2 Å². The van der Waals surface area contributed by atoms with Crippen LogP contribution < -0.4 is 9.54 Å². The molecule has 0 N–H and O–H groups in total. The van der Waals surface area contributed by atoms with Crippen molar-refractivity contribution in [3.63, 3.8) is 0 Å². The normalized spacial score (nSPS) is 11.8. The van der Waals surface area contributed by atoms with Gasteiger partial charge in [-0.1, -0.05) is 30.4 Å². The minimum atomic E-state index is -0.0872. The third-order valence-electron chi connectivity index (χ3n) is 2.88. The molecule has 0 saturated heterocycles. The molecule has 2 aromatic rings. The maximum absolute atomic E-state index is 11.8. The lowest BCUT2D eigenvalue weighted by molar-refractivity contribution is -0.118. The molecule has 106 valence electrons. The Balaban J connectivity index is 2.68. The first-order valence-corrected chi connectivity index (χ1v) is 7.37. The van der Waals surface area contributed by atoms with Crippen LogP contribution in [-0.4, -0.2) is 17.6 Å². The van der Waals surface area contributed by atoms with Gasteiger partial charge in [-0.2, -0.15) is 4.99 Å². The van der Waals surface area contributed by atoms with Gasteiger partial charge >= 0.3 is 0 Å². The zero-order valence-corrected chi connectivity index (χ0v) is 12.6. The Hall–Kier alpha value is -1.88. The molecule has 0 bridgehead atoms. The van der Waals surface area contributed by atoms with E-state index in [9.17, 15) is 4.79 Å². The van der Waals surface area contributed by atoms with E-state index in [1.54, 1.807) is 13.2 Å². The van der Waals surface area contributed by atoms with E-state index in [1.165, 1.54) is 11.3 Å². The van der Waals surface area contributed by atoms with E-state index in [1.807, 2.05) is 29.7 Å². The average Bonchev–Trinajstić information content (AvgIpc) is 2.77. The second-order valence-corrected chi connectivity index (χ2v) is 5.36. The van der Waals surface area contributed by atoms with Gasteiger partial charge in [0.05, 0.1) is 11.8 Å². The van der Waals surface area contributed by atoms with E-state index in [4.69, 9.17) is 4.74 Å². The molecule has 1 aromatic heterocycles. The van der Waals surface area contributed by atoms with Crippen molar-refractivity contribution in [1.29, 1.82) is 0 Å². The summed E-state index contributed by atoms with van der Waals surface area (Å²) in [5.74, 6) is 0.695. The predicted molar refractivity (Wildman–Crippen MR) is 82.0 cm³/mol. The maximum Gasteiger partial charge on any atom is 0.248 e. The number of allylic oxidation sites excluding steroid dienone is 1. The molecule has 1 heterocycles. The monoisotopic (exact) mass is 290 g/mol. The summed E-state index contributed by atoms with van der Waals surface area (Å²) < 4.78 is 8.43. The fourth-order valence-electron chi connectivity index (χ4n) is 2.02. The van der Waals surface area contributed by atoms with Gasteiger partial charge in [0.15, 0.2) is 4.80 Å². The van der Waals surface area contributed by atoms with Crippen molar-refractivity contribution in [2.45, 2.75) is 26.3 Å². The quantitative estimate of drug-likeness (QED) is 0.794. The maximum atomic E-state index is 11.8. The smallest absolute Gasteiger partial charge is 0.248 e. The van der Waals surface area contributed by atoms with Crippen LogP contribution in [0, 0.1) is 0 Å². The fraction of sp³-hybridized carbons (Fsp3) is 0.333. The van der Waals surface area contributed by atoms with Crippen LogP contribution in [0.3, 0.4) is 0 Å². The number of benzene rings is 1. The molecule has 0 fully saturated rings. The van der Waals surface area contributed by atoms with E-state index < -0.39 is 0 Å². The highest BCUT2D eigenvalue weighted by atomic mass is 32.1.